The van der Waals surface area contributed by atoms with Gasteiger partial charge >= 0.3 is 5.97 Å². The topological polar surface area (TPSA) is 43.4 Å². The van der Waals surface area contributed by atoms with Crippen LogP contribution in [0.3, 0.4) is 0 Å². The molecule has 1 aliphatic carbocycles. The fraction of sp³-hybridized carbons (Fsp3) is 0.500. The Bertz CT molecular complexity index is 439. The lowest BCUT2D eigenvalue weighted by Gasteiger charge is -2.30. The highest BCUT2D eigenvalue weighted by Gasteiger charge is 2.29. The molecule has 0 N–H and O–H groups in total. The number of Topliss-reactive ketones (excluding diaryl/α,β-unsaturated/α-hetero) is 1. The minimum absolute atomic E-state index is 0.0843. The summed E-state index contributed by atoms with van der Waals surface area (Å²) in [6.45, 7) is 1.44. The lowest BCUT2D eigenvalue weighted by molar-refractivity contribution is -0.150. The van der Waals surface area contributed by atoms with E-state index in [2.05, 4.69) is 0 Å². The van der Waals surface area contributed by atoms with Crippen LogP contribution in [0.15, 0.2) is 30.3 Å². The van der Waals surface area contributed by atoms with Gasteiger partial charge in [-0.1, -0.05) is 36.8 Å². The van der Waals surface area contributed by atoms with Crippen molar-refractivity contribution in [3.05, 3.63) is 35.9 Å². The second kappa shape index (κ2) is 6.50. The lowest BCUT2D eigenvalue weighted by Crippen LogP contribution is -2.31. The van der Waals surface area contributed by atoms with Gasteiger partial charge in [0.15, 0.2) is 5.78 Å². The maximum Gasteiger partial charge on any atom is 0.302 e. The van der Waals surface area contributed by atoms with Crippen LogP contribution in [-0.4, -0.2) is 17.9 Å². The standard InChI is InChI=1S/C16H20O3/c1-12(17)19-16-10-6-5-9-14(16)11-15(18)13-7-3-2-4-8-13/h2-4,7-8,14,16H,5-6,9-11H2,1H3. The summed E-state index contributed by atoms with van der Waals surface area (Å²) in [6, 6.07) is 9.33. The molecule has 2 atom stereocenters. The molecule has 0 spiro atoms. The van der Waals surface area contributed by atoms with Crippen LogP contribution >= 0.6 is 0 Å². The van der Waals surface area contributed by atoms with Gasteiger partial charge < -0.3 is 4.74 Å². The van der Waals surface area contributed by atoms with Crippen LogP contribution in [-0.2, 0) is 9.53 Å². The number of esters is 1. The molecule has 0 heterocycles. The van der Waals surface area contributed by atoms with Crippen LogP contribution in [0, 0.1) is 5.92 Å². The van der Waals surface area contributed by atoms with Crippen molar-refractivity contribution in [2.24, 2.45) is 5.92 Å². The average molecular weight is 260 g/mol. The van der Waals surface area contributed by atoms with Crippen molar-refractivity contribution in [3.8, 4) is 0 Å². The van der Waals surface area contributed by atoms with E-state index >= 15 is 0 Å². The van der Waals surface area contributed by atoms with E-state index < -0.39 is 0 Å². The van der Waals surface area contributed by atoms with Gasteiger partial charge in [0.2, 0.25) is 0 Å². The van der Waals surface area contributed by atoms with Crippen molar-refractivity contribution >= 4 is 11.8 Å². The number of hydrogen-bond donors (Lipinski definition) is 0. The Kier molecular flexibility index (Phi) is 4.72. The monoisotopic (exact) mass is 260 g/mol. The van der Waals surface area contributed by atoms with Crippen molar-refractivity contribution in [3.63, 3.8) is 0 Å². The average Bonchev–Trinajstić information content (AvgIpc) is 2.41. The summed E-state index contributed by atoms with van der Waals surface area (Å²) in [6.07, 6.45) is 4.43. The molecular formula is C16H20O3. The minimum atomic E-state index is -0.246. The number of ether oxygens (including phenoxy) is 1. The zero-order valence-corrected chi connectivity index (χ0v) is 11.3. The summed E-state index contributed by atoms with van der Waals surface area (Å²) in [5.41, 5.74) is 0.745. The molecule has 1 aromatic carbocycles. The van der Waals surface area contributed by atoms with E-state index in [1.165, 1.54) is 6.92 Å². The molecule has 3 heteroatoms. The Hall–Kier alpha value is -1.64. The van der Waals surface area contributed by atoms with Gasteiger partial charge in [0.1, 0.15) is 6.10 Å². The van der Waals surface area contributed by atoms with Crippen molar-refractivity contribution in [1.29, 1.82) is 0 Å². The van der Waals surface area contributed by atoms with E-state index in [0.29, 0.717) is 6.42 Å². The summed E-state index contributed by atoms with van der Waals surface area (Å²) in [5, 5.41) is 0. The number of benzene rings is 1. The highest BCUT2D eigenvalue weighted by atomic mass is 16.5. The van der Waals surface area contributed by atoms with Crippen LogP contribution < -0.4 is 0 Å². The van der Waals surface area contributed by atoms with Crippen LogP contribution in [0.2, 0.25) is 0 Å². The first kappa shape index (κ1) is 13.8. The largest absolute Gasteiger partial charge is 0.462 e. The zero-order chi connectivity index (χ0) is 13.7. The Morgan fingerprint density at radius 3 is 2.53 bits per heavy atom. The van der Waals surface area contributed by atoms with Crippen LogP contribution in [0.1, 0.15) is 49.4 Å². The first-order valence-electron chi connectivity index (χ1n) is 6.92. The highest BCUT2D eigenvalue weighted by Crippen LogP contribution is 2.30. The number of carbonyl (C=O) groups is 2. The van der Waals surface area contributed by atoms with E-state index in [-0.39, 0.29) is 23.8 Å². The molecule has 2 rings (SSSR count). The fourth-order valence-corrected chi connectivity index (χ4v) is 2.76. The number of ketones is 1. The van der Waals surface area contributed by atoms with E-state index in [4.69, 9.17) is 4.74 Å². The molecule has 1 fully saturated rings. The predicted octanol–water partition coefficient (Wildman–Crippen LogP) is 3.38. The Labute approximate surface area is 114 Å². The van der Waals surface area contributed by atoms with E-state index in [0.717, 1.165) is 31.2 Å². The van der Waals surface area contributed by atoms with Crippen molar-refractivity contribution in [2.45, 2.75) is 45.1 Å². The molecule has 0 aromatic heterocycles. The second-order valence-corrected chi connectivity index (χ2v) is 5.19. The van der Waals surface area contributed by atoms with Gasteiger partial charge in [0, 0.05) is 24.8 Å². The normalized spacial score (nSPS) is 22.8. The molecular weight excluding hydrogens is 240 g/mol. The summed E-state index contributed by atoms with van der Waals surface area (Å²) < 4.78 is 5.35. The highest BCUT2D eigenvalue weighted by molar-refractivity contribution is 5.96. The molecule has 3 nitrogen and oxygen atoms in total. The van der Waals surface area contributed by atoms with Crippen molar-refractivity contribution < 1.29 is 14.3 Å². The van der Waals surface area contributed by atoms with E-state index in [9.17, 15) is 9.59 Å². The molecule has 0 bridgehead atoms. The number of rotatable bonds is 4. The van der Waals surface area contributed by atoms with Crippen LogP contribution in [0.5, 0.6) is 0 Å². The molecule has 0 aliphatic heterocycles. The fourth-order valence-electron chi connectivity index (χ4n) is 2.76. The smallest absolute Gasteiger partial charge is 0.302 e. The van der Waals surface area contributed by atoms with Crippen molar-refractivity contribution in [1.82, 2.24) is 0 Å². The molecule has 0 saturated heterocycles. The maximum atomic E-state index is 12.2. The van der Waals surface area contributed by atoms with Gasteiger partial charge in [-0.05, 0) is 19.3 Å². The van der Waals surface area contributed by atoms with Gasteiger partial charge in [-0.15, -0.1) is 0 Å². The summed E-state index contributed by atoms with van der Waals surface area (Å²) >= 11 is 0. The summed E-state index contributed by atoms with van der Waals surface area (Å²) in [4.78, 5) is 23.3. The Balaban J connectivity index is 1.99. The second-order valence-electron chi connectivity index (χ2n) is 5.19. The van der Waals surface area contributed by atoms with Gasteiger partial charge in [0.05, 0.1) is 0 Å². The Morgan fingerprint density at radius 2 is 1.84 bits per heavy atom. The number of hydrogen-bond acceptors (Lipinski definition) is 3. The molecule has 1 aromatic rings. The molecule has 0 amide bonds. The quantitative estimate of drug-likeness (QED) is 0.615. The first-order chi connectivity index (χ1) is 9.16. The molecule has 102 valence electrons. The van der Waals surface area contributed by atoms with Gasteiger partial charge in [0.25, 0.3) is 0 Å². The molecule has 1 saturated carbocycles. The predicted molar refractivity (Wildman–Crippen MR) is 72.9 cm³/mol. The molecule has 2 unspecified atom stereocenters. The molecule has 19 heavy (non-hydrogen) atoms. The SMILES string of the molecule is CC(=O)OC1CCCCC1CC(=O)c1ccccc1. The third kappa shape index (κ3) is 3.91. The molecule has 0 radical (unpaired) electrons. The zero-order valence-electron chi connectivity index (χ0n) is 11.3. The van der Waals surface area contributed by atoms with E-state index in [1.54, 1.807) is 0 Å². The van der Waals surface area contributed by atoms with Crippen molar-refractivity contribution in [2.75, 3.05) is 0 Å². The number of carbonyl (C=O) groups excluding carboxylic acids is 2. The third-order valence-electron chi connectivity index (χ3n) is 3.70. The van der Waals surface area contributed by atoms with Crippen LogP contribution in [0.25, 0.3) is 0 Å². The Morgan fingerprint density at radius 1 is 1.16 bits per heavy atom. The third-order valence-corrected chi connectivity index (χ3v) is 3.70. The minimum Gasteiger partial charge on any atom is -0.462 e. The van der Waals surface area contributed by atoms with Crippen LogP contribution in [0.4, 0.5) is 0 Å². The lowest BCUT2D eigenvalue weighted by atomic mass is 9.82. The summed E-state index contributed by atoms with van der Waals surface area (Å²) in [5.74, 6) is 0.0686. The van der Waals surface area contributed by atoms with Gasteiger partial charge in [-0.2, -0.15) is 0 Å². The first-order valence-corrected chi connectivity index (χ1v) is 6.92. The van der Waals surface area contributed by atoms with Gasteiger partial charge in [-0.3, -0.25) is 9.59 Å². The molecule has 1 aliphatic rings. The summed E-state index contributed by atoms with van der Waals surface area (Å²) in [7, 11) is 0. The maximum absolute atomic E-state index is 12.2. The van der Waals surface area contributed by atoms with E-state index in [1.807, 2.05) is 30.3 Å². The van der Waals surface area contributed by atoms with Gasteiger partial charge in [-0.25, -0.2) is 0 Å².